The minimum absolute atomic E-state index is 0.472. The molecule has 0 saturated carbocycles. The van der Waals surface area contributed by atoms with Crippen LogP contribution in [0.1, 0.15) is 0 Å². The Morgan fingerprint density at radius 2 is 0.613 bits per heavy atom. The van der Waals surface area contributed by atoms with Gasteiger partial charge < -0.3 is 0 Å². The van der Waals surface area contributed by atoms with E-state index in [0.717, 1.165) is 0 Å². The fourth-order valence-electron chi connectivity index (χ4n) is 3.45. The molecule has 0 aromatic heterocycles. The molecule has 5 heteroatoms. The van der Waals surface area contributed by atoms with Crippen LogP contribution < -0.4 is 17.4 Å². The molecule has 162 valence electrons. The second-order valence-electron chi connectivity index (χ2n) is 6.69. The third-order valence-electron chi connectivity index (χ3n) is 4.82. The molecular formula is C26H24As2Cl2Pt. The summed E-state index contributed by atoms with van der Waals surface area (Å²) >= 11 is -3.07. The molecule has 0 aliphatic rings. The van der Waals surface area contributed by atoms with Crippen molar-refractivity contribution in [2.24, 2.45) is 0 Å². The van der Waals surface area contributed by atoms with Gasteiger partial charge >= 0.3 is 214 Å². The third kappa shape index (κ3) is 7.96. The van der Waals surface area contributed by atoms with Crippen molar-refractivity contribution in [3.8, 4) is 0 Å². The standard InChI is InChI=1S/C26H24As2.2ClH.Pt/c1-5-13-23(14-6-1)27(24-15-7-2-8-16-24)21-22-28(25-17-9-3-10-18-25)26-19-11-4-12-20-26;;;/h1-20H,21-22H2;2*1H;/q;;;+2/p-2. The van der Waals surface area contributed by atoms with E-state index in [0.29, 0.717) is 0 Å². The van der Waals surface area contributed by atoms with Crippen LogP contribution in [0.15, 0.2) is 121 Å². The Bertz CT molecular complexity index is 825. The second-order valence-corrected chi connectivity index (χ2v) is 19.8. The molecular weight excluding hydrogens is 728 g/mol. The summed E-state index contributed by atoms with van der Waals surface area (Å²) < 4.78 is 6.26. The Balaban J connectivity index is 0.000000858. The van der Waals surface area contributed by atoms with Gasteiger partial charge in [-0.15, -0.1) is 0 Å². The maximum absolute atomic E-state index is 4.88. The molecule has 4 rings (SSSR count). The maximum atomic E-state index is 4.88. The molecule has 0 aliphatic carbocycles. The van der Waals surface area contributed by atoms with Gasteiger partial charge in [-0.2, -0.15) is 0 Å². The van der Waals surface area contributed by atoms with Crippen LogP contribution in [0.25, 0.3) is 0 Å². The summed E-state index contributed by atoms with van der Waals surface area (Å²) in [6.07, 6.45) is 0. The quantitative estimate of drug-likeness (QED) is 0.234. The topological polar surface area (TPSA) is 0 Å². The molecule has 0 unspecified atom stereocenters. The van der Waals surface area contributed by atoms with Gasteiger partial charge in [0.1, 0.15) is 0 Å². The van der Waals surface area contributed by atoms with Crippen LogP contribution in [-0.2, 0) is 16.5 Å². The first-order chi connectivity index (χ1) is 15.3. The van der Waals surface area contributed by atoms with Crippen LogP contribution in [0.3, 0.4) is 0 Å². The summed E-state index contributed by atoms with van der Waals surface area (Å²) in [6.45, 7) is 0. The van der Waals surface area contributed by atoms with E-state index in [1.807, 2.05) is 0 Å². The summed E-state index contributed by atoms with van der Waals surface area (Å²) in [6, 6.07) is 44.9. The fraction of sp³-hybridized carbons (Fsp3) is 0.0769. The zero-order valence-electron chi connectivity index (χ0n) is 16.9. The predicted octanol–water partition coefficient (Wildman–Crippen LogP) is 4.98. The van der Waals surface area contributed by atoms with E-state index in [1.54, 1.807) is 17.4 Å². The van der Waals surface area contributed by atoms with Crippen LogP contribution in [0, 0.1) is 0 Å². The van der Waals surface area contributed by atoms with Gasteiger partial charge in [0.25, 0.3) is 0 Å². The Kier molecular flexibility index (Phi) is 11.6. The minimum atomic E-state index is -1.30. The van der Waals surface area contributed by atoms with Crippen molar-refractivity contribution in [3.05, 3.63) is 121 Å². The van der Waals surface area contributed by atoms with Crippen molar-refractivity contribution in [3.63, 3.8) is 0 Å². The van der Waals surface area contributed by atoms with E-state index in [2.05, 4.69) is 121 Å². The van der Waals surface area contributed by atoms with E-state index in [1.165, 1.54) is 10.4 Å². The molecule has 0 spiro atoms. The molecule has 0 nitrogen and oxygen atoms in total. The van der Waals surface area contributed by atoms with E-state index in [9.17, 15) is 0 Å². The van der Waals surface area contributed by atoms with Crippen molar-refractivity contribution in [2.45, 2.75) is 10.4 Å². The Morgan fingerprint density at radius 1 is 0.419 bits per heavy atom. The van der Waals surface area contributed by atoms with E-state index in [4.69, 9.17) is 18.8 Å². The average Bonchev–Trinajstić information content (AvgIpc) is 2.85. The number of benzene rings is 4. The summed E-state index contributed by atoms with van der Waals surface area (Å²) in [7, 11) is 9.75. The van der Waals surface area contributed by atoms with E-state index < -0.39 is 45.8 Å². The van der Waals surface area contributed by atoms with E-state index in [-0.39, 0.29) is 0 Å². The zero-order valence-corrected chi connectivity index (χ0v) is 24.5. The first-order valence-corrected chi connectivity index (χ1v) is 21.9. The first kappa shape index (κ1) is 24.9. The van der Waals surface area contributed by atoms with Gasteiger partial charge in [0.2, 0.25) is 0 Å². The fourth-order valence-corrected chi connectivity index (χ4v) is 16.5. The monoisotopic (exact) mass is 751 g/mol. The van der Waals surface area contributed by atoms with Gasteiger partial charge in [-0.3, -0.25) is 0 Å². The summed E-state index contributed by atoms with van der Waals surface area (Å²) in [5, 5.41) is 2.65. The average molecular weight is 752 g/mol. The van der Waals surface area contributed by atoms with Gasteiger partial charge in [-0.1, -0.05) is 0 Å². The second kappa shape index (κ2) is 14.4. The third-order valence-corrected chi connectivity index (χ3v) is 17.0. The van der Waals surface area contributed by atoms with Crippen LogP contribution in [0.5, 0.6) is 0 Å². The molecule has 0 N–H and O–H groups in total. The number of hydrogen-bond donors (Lipinski definition) is 0. The first-order valence-electron chi connectivity index (χ1n) is 9.91. The normalized spacial score (nSPS) is 10.7. The molecule has 0 aliphatic heterocycles. The molecule has 0 radical (unpaired) electrons. The SMILES string of the molecule is [Cl][Pt][Cl].c1ccc([As](CC[As](c2ccccc2)c2ccccc2)c2ccccc2)cc1. The van der Waals surface area contributed by atoms with Crippen LogP contribution in [0.2, 0.25) is 10.4 Å². The Labute approximate surface area is 211 Å². The van der Waals surface area contributed by atoms with Crippen LogP contribution >= 0.6 is 18.8 Å². The van der Waals surface area contributed by atoms with Crippen molar-refractivity contribution in [2.75, 3.05) is 0 Å². The Morgan fingerprint density at radius 3 is 0.806 bits per heavy atom. The molecule has 0 saturated heterocycles. The van der Waals surface area contributed by atoms with Crippen LogP contribution in [0.4, 0.5) is 0 Å². The van der Waals surface area contributed by atoms with Gasteiger partial charge in [0.05, 0.1) is 0 Å². The molecule has 0 fully saturated rings. The van der Waals surface area contributed by atoms with Crippen molar-refractivity contribution < 1.29 is 16.5 Å². The summed E-state index contributed by atoms with van der Waals surface area (Å²) in [5.74, 6) is 0. The number of halogens is 2. The number of hydrogen-bond acceptors (Lipinski definition) is 0. The van der Waals surface area contributed by atoms with Gasteiger partial charge in [0, 0.05) is 0 Å². The molecule has 0 amide bonds. The van der Waals surface area contributed by atoms with E-state index >= 15 is 0 Å². The zero-order chi connectivity index (χ0) is 21.7. The molecule has 4 aromatic rings. The van der Waals surface area contributed by atoms with Crippen molar-refractivity contribution in [1.29, 1.82) is 0 Å². The van der Waals surface area contributed by atoms with Gasteiger partial charge in [0.15, 0.2) is 0 Å². The molecule has 0 atom stereocenters. The summed E-state index contributed by atoms with van der Waals surface area (Å²) in [4.78, 5) is 0. The molecule has 0 heterocycles. The van der Waals surface area contributed by atoms with Crippen LogP contribution in [-0.4, -0.2) is 29.3 Å². The molecule has 4 aromatic carbocycles. The molecule has 31 heavy (non-hydrogen) atoms. The summed E-state index contributed by atoms with van der Waals surface area (Å²) in [5.41, 5.74) is 0. The predicted molar refractivity (Wildman–Crippen MR) is 137 cm³/mol. The van der Waals surface area contributed by atoms with Crippen molar-refractivity contribution >= 4 is 65.5 Å². The number of rotatable bonds is 7. The van der Waals surface area contributed by atoms with Gasteiger partial charge in [-0.25, -0.2) is 0 Å². The Hall–Kier alpha value is -0.735. The van der Waals surface area contributed by atoms with Gasteiger partial charge in [-0.05, 0) is 0 Å². The van der Waals surface area contributed by atoms with Crippen molar-refractivity contribution in [1.82, 2.24) is 0 Å². The molecule has 0 bridgehead atoms.